The van der Waals surface area contributed by atoms with Gasteiger partial charge in [0.1, 0.15) is 5.75 Å². The minimum absolute atomic E-state index is 0.00165. The maximum Gasteiger partial charge on any atom is 0.389 e. The number of phenolic OH excluding ortho intramolecular Hbond substituents is 1. The molecule has 0 aliphatic heterocycles. The molecule has 2 N–H and O–H groups in total. The standard InChI is InChI=1S/C13H16F3NO2/c1-9-8-10(18)4-5-11(9)12(19)17-7-3-2-6-13(14,15)16/h4-5,8,18H,2-3,6-7H2,1H3,(H,17,19). The number of carbonyl (C=O) groups excluding carboxylic acids is 1. The van der Waals surface area contributed by atoms with Gasteiger partial charge in [0.2, 0.25) is 0 Å². The van der Waals surface area contributed by atoms with Gasteiger partial charge in [-0.25, -0.2) is 0 Å². The maximum absolute atomic E-state index is 11.9. The molecule has 6 heteroatoms. The first-order valence-corrected chi connectivity index (χ1v) is 5.94. The van der Waals surface area contributed by atoms with E-state index in [1.54, 1.807) is 6.92 Å². The Balaban J connectivity index is 2.36. The van der Waals surface area contributed by atoms with Crippen LogP contribution in [0.1, 0.15) is 35.2 Å². The first-order valence-electron chi connectivity index (χ1n) is 5.94. The van der Waals surface area contributed by atoms with Gasteiger partial charge < -0.3 is 10.4 Å². The van der Waals surface area contributed by atoms with Gasteiger partial charge >= 0.3 is 6.18 Å². The van der Waals surface area contributed by atoms with Crippen LogP contribution >= 0.6 is 0 Å². The largest absolute Gasteiger partial charge is 0.508 e. The lowest BCUT2D eigenvalue weighted by atomic mass is 10.1. The van der Waals surface area contributed by atoms with E-state index in [0.717, 1.165) is 0 Å². The van der Waals surface area contributed by atoms with Crippen LogP contribution < -0.4 is 5.32 Å². The van der Waals surface area contributed by atoms with Crippen molar-refractivity contribution >= 4 is 5.91 Å². The van der Waals surface area contributed by atoms with E-state index >= 15 is 0 Å². The first-order chi connectivity index (χ1) is 8.79. The molecule has 1 rings (SSSR count). The number of amides is 1. The summed E-state index contributed by atoms with van der Waals surface area (Å²) in [5, 5.41) is 11.8. The summed E-state index contributed by atoms with van der Waals surface area (Å²) in [5.74, 6) is -0.274. The molecule has 0 aliphatic carbocycles. The van der Waals surface area contributed by atoms with Crippen LogP contribution in [0.3, 0.4) is 0 Å². The zero-order valence-corrected chi connectivity index (χ0v) is 10.5. The van der Waals surface area contributed by atoms with E-state index in [4.69, 9.17) is 0 Å². The summed E-state index contributed by atoms with van der Waals surface area (Å²) in [4.78, 5) is 11.7. The molecule has 0 aromatic heterocycles. The summed E-state index contributed by atoms with van der Waals surface area (Å²) in [6.45, 7) is 1.88. The average molecular weight is 275 g/mol. The molecule has 0 unspecified atom stereocenters. The third-order valence-corrected chi connectivity index (χ3v) is 2.63. The highest BCUT2D eigenvalue weighted by Crippen LogP contribution is 2.22. The fourth-order valence-corrected chi connectivity index (χ4v) is 1.65. The third kappa shape index (κ3) is 5.63. The highest BCUT2D eigenvalue weighted by atomic mass is 19.4. The van der Waals surface area contributed by atoms with Crippen molar-refractivity contribution in [3.63, 3.8) is 0 Å². The van der Waals surface area contributed by atoms with E-state index in [0.29, 0.717) is 11.1 Å². The number of rotatable bonds is 5. The Morgan fingerprint density at radius 1 is 1.32 bits per heavy atom. The Kier molecular flexibility index (Phi) is 5.20. The number of alkyl halides is 3. The molecule has 0 heterocycles. The number of phenols is 1. The SMILES string of the molecule is Cc1cc(O)ccc1C(=O)NCCCCC(F)(F)F. The minimum Gasteiger partial charge on any atom is -0.508 e. The van der Waals surface area contributed by atoms with Crippen molar-refractivity contribution in [1.29, 1.82) is 0 Å². The van der Waals surface area contributed by atoms with Crippen molar-refractivity contribution in [2.45, 2.75) is 32.4 Å². The first kappa shape index (κ1) is 15.3. The number of benzene rings is 1. The molecule has 19 heavy (non-hydrogen) atoms. The van der Waals surface area contributed by atoms with Crippen molar-refractivity contribution in [3.8, 4) is 5.75 Å². The van der Waals surface area contributed by atoms with Gasteiger partial charge in [-0.2, -0.15) is 13.2 Å². The topological polar surface area (TPSA) is 49.3 Å². The maximum atomic E-state index is 11.9. The fourth-order valence-electron chi connectivity index (χ4n) is 1.65. The molecule has 0 saturated heterocycles. The van der Waals surface area contributed by atoms with Gasteiger partial charge in [0, 0.05) is 18.5 Å². The van der Waals surface area contributed by atoms with Crippen molar-refractivity contribution in [2.75, 3.05) is 6.54 Å². The molecule has 0 spiro atoms. The van der Waals surface area contributed by atoms with Crippen LogP contribution in [0.5, 0.6) is 5.75 Å². The van der Waals surface area contributed by atoms with Crippen LogP contribution in [0, 0.1) is 6.92 Å². The van der Waals surface area contributed by atoms with E-state index in [9.17, 15) is 23.1 Å². The number of hydrogen-bond donors (Lipinski definition) is 2. The van der Waals surface area contributed by atoms with Crippen LogP contribution in [-0.2, 0) is 0 Å². The molecule has 1 amide bonds. The number of aryl methyl sites for hydroxylation is 1. The number of halogens is 3. The molecule has 0 fully saturated rings. The molecule has 0 aliphatic rings. The second kappa shape index (κ2) is 6.45. The Bertz CT molecular complexity index is 444. The van der Waals surface area contributed by atoms with E-state index in [2.05, 4.69) is 5.32 Å². The van der Waals surface area contributed by atoms with Crippen LogP contribution in [0.2, 0.25) is 0 Å². The van der Waals surface area contributed by atoms with Gasteiger partial charge in [0.15, 0.2) is 0 Å². The zero-order chi connectivity index (χ0) is 14.5. The van der Waals surface area contributed by atoms with Crippen molar-refractivity contribution < 1.29 is 23.1 Å². The van der Waals surface area contributed by atoms with Gasteiger partial charge in [-0.3, -0.25) is 4.79 Å². The lowest BCUT2D eigenvalue weighted by Gasteiger charge is -2.09. The van der Waals surface area contributed by atoms with Crippen LogP contribution in [-0.4, -0.2) is 23.7 Å². The Morgan fingerprint density at radius 3 is 2.58 bits per heavy atom. The van der Waals surface area contributed by atoms with Gasteiger partial charge in [-0.15, -0.1) is 0 Å². The predicted octanol–water partition coefficient (Wildman–Crippen LogP) is 3.16. The molecule has 3 nitrogen and oxygen atoms in total. The number of nitrogens with one attached hydrogen (secondary N) is 1. The molecule has 0 bridgehead atoms. The van der Waals surface area contributed by atoms with Crippen molar-refractivity contribution in [2.24, 2.45) is 0 Å². The average Bonchev–Trinajstić information content (AvgIpc) is 2.26. The Labute approximate surface area is 109 Å². The predicted molar refractivity (Wildman–Crippen MR) is 65.1 cm³/mol. The van der Waals surface area contributed by atoms with Crippen LogP contribution in [0.15, 0.2) is 18.2 Å². The van der Waals surface area contributed by atoms with E-state index in [1.807, 2.05) is 0 Å². The van der Waals surface area contributed by atoms with Gasteiger partial charge in [0.05, 0.1) is 0 Å². The van der Waals surface area contributed by atoms with E-state index < -0.39 is 12.6 Å². The van der Waals surface area contributed by atoms with Gasteiger partial charge in [0.25, 0.3) is 5.91 Å². The molecular weight excluding hydrogens is 259 g/mol. The minimum atomic E-state index is -4.14. The smallest absolute Gasteiger partial charge is 0.389 e. The molecule has 1 aromatic carbocycles. The molecule has 106 valence electrons. The normalized spacial score (nSPS) is 11.4. The third-order valence-electron chi connectivity index (χ3n) is 2.63. The second-order valence-electron chi connectivity index (χ2n) is 4.33. The molecular formula is C13H16F3NO2. The number of unbranched alkanes of at least 4 members (excludes halogenated alkanes) is 1. The quantitative estimate of drug-likeness (QED) is 0.811. The van der Waals surface area contributed by atoms with Crippen LogP contribution in [0.25, 0.3) is 0 Å². The Morgan fingerprint density at radius 2 is 2.00 bits per heavy atom. The summed E-state index contributed by atoms with van der Waals surface area (Å²) in [7, 11) is 0. The number of carbonyl (C=O) groups is 1. The van der Waals surface area contributed by atoms with Gasteiger partial charge in [-0.05, 0) is 43.5 Å². The summed E-state index contributed by atoms with van der Waals surface area (Å²) >= 11 is 0. The zero-order valence-electron chi connectivity index (χ0n) is 10.5. The number of hydrogen-bond acceptors (Lipinski definition) is 2. The van der Waals surface area contributed by atoms with Gasteiger partial charge in [-0.1, -0.05) is 0 Å². The lowest BCUT2D eigenvalue weighted by molar-refractivity contribution is -0.135. The summed E-state index contributed by atoms with van der Waals surface area (Å²) in [6, 6.07) is 4.33. The summed E-state index contributed by atoms with van der Waals surface area (Å²) in [6.07, 6.45) is -4.70. The Hall–Kier alpha value is -1.72. The van der Waals surface area contributed by atoms with Crippen LogP contribution in [0.4, 0.5) is 13.2 Å². The second-order valence-corrected chi connectivity index (χ2v) is 4.33. The van der Waals surface area contributed by atoms with E-state index in [-0.39, 0.29) is 31.0 Å². The fraction of sp³-hybridized carbons (Fsp3) is 0.462. The molecule has 0 saturated carbocycles. The molecule has 0 radical (unpaired) electrons. The highest BCUT2D eigenvalue weighted by molar-refractivity contribution is 5.95. The summed E-state index contributed by atoms with van der Waals surface area (Å²) in [5.41, 5.74) is 1.03. The number of aromatic hydroxyl groups is 1. The lowest BCUT2D eigenvalue weighted by Crippen LogP contribution is -2.25. The highest BCUT2D eigenvalue weighted by Gasteiger charge is 2.25. The molecule has 1 aromatic rings. The van der Waals surface area contributed by atoms with Crippen molar-refractivity contribution in [1.82, 2.24) is 5.32 Å². The van der Waals surface area contributed by atoms with E-state index in [1.165, 1.54) is 18.2 Å². The monoisotopic (exact) mass is 275 g/mol. The summed E-state index contributed by atoms with van der Waals surface area (Å²) < 4.78 is 35.7. The van der Waals surface area contributed by atoms with Crippen molar-refractivity contribution in [3.05, 3.63) is 29.3 Å². The molecule has 0 atom stereocenters.